The third-order valence-electron chi connectivity index (χ3n) is 2.46. The van der Waals surface area contributed by atoms with Crippen LogP contribution in [0.4, 0.5) is 9.59 Å². The molecule has 0 bridgehead atoms. The van der Waals surface area contributed by atoms with Crippen LogP contribution in [0.3, 0.4) is 0 Å². The first kappa shape index (κ1) is 19.0. The van der Waals surface area contributed by atoms with Gasteiger partial charge in [-0.3, -0.25) is 0 Å². The number of carbonyl (C=O) groups is 4. The molecule has 0 amide bonds. The Hall–Kier alpha value is -3.04. The number of hydrogen-bond acceptors (Lipinski definition) is 10. The van der Waals surface area contributed by atoms with Gasteiger partial charge in [0, 0.05) is 12.2 Å². The fourth-order valence-corrected chi connectivity index (χ4v) is 1.36. The molecule has 1 rings (SSSR count). The van der Waals surface area contributed by atoms with Crippen LogP contribution in [-0.4, -0.2) is 62.9 Å². The molecule has 1 aliphatic rings. The fourth-order valence-electron chi connectivity index (χ4n) is 1.36. The molecule has 0 saturated carbocycles. The summed E-state index contributed by atoms with van der Waals surface area (Å²) in [6.45, 7) is 5.32. The monoisotopic (exact) mass is 344 g/mol. The molecule has 1 fully saturated rings. The van der Waals surface area contributed by atoms with Gasteiger partial charge in [-0.05, 0) is 0 Å². The molecule has 0 aromatic carbocycles. The Balaban J connectivity index is 2.42. The first-order chi connectivity index (χ1) is 11.4. The summed E-state index contributed by atoms with van der Waals surface area (Å²) in [6, 6.07) is 0. The molecule has 1 atom stereocenters. The average Bonchev–Trinajstić information content (AvgIpc) is 3.00. The lowest BCUT2D eigenvalue weighted by Gasteiger charge is -2.17. The van der Waals surface area contributed by atoms with E-state index in [0.717, 1.165) is 12.2 Å². The van der Waals surface area contributed by atoms with Crippen molar-refractivity contribution < 1.29 is 47.6 Å². The lowest BCUT2D eigenvalue weighted by atomic mass is 10.4. The largest absolute Gasteiger partial charge is 0.508 e. The first-order valence-corrected chi connectivity index (χ1v) is 6.69. The van der Waals surface area contributed by atoms with Gasteiger partial charge in [0.25, 0.3) is 0 Å². The Morgan fingerprint density at radius 3 is 2.17 bits per heavy atom. The van der Waals surface area contributed by atoms with Crippen LogP contribution in [-0.2, 0) is 38.0 Å². The lowest BCUT2D eigenvalue weighted by molar-refractivity contribution is -0.147. The van der Waals surface area contributed by atoms with Crippen LogP contribution in [0.15, 0.2) is 25.3 Å². The van der Waals surface area contributed by atoms with Crippen molar-refractivity contribution in [3.05, 3.63) is 25.3 Å². The van der Waals surface area contributed by atoms with E-state index in [1.54, 1.807) is 0 Å². The van der Waals surface area contributed by atoms with E-state index in [9.17, 15) is 19.2 Å². The maximum Gasteiger partial charge on any atom is 0.508 e. The zero-order chi connectivity index (χ0) is 17.9. The summed E-state index contributed by atoms with van der Waals surface area (Å²) in [5.74, 6) is -1.50. The molecule has 0 radical (unpaired) electrons. The molecule has 24 heavy (non-hydrogen) atoms. The summed E-state index contributed by atoms with van der Waals surface area (Å²) in [5.41, 5.74) is 0. The van der Waals surface area contributed by atoms with Gasteiger partial charge in [0.1, 0.15) is 26.4 Å². The van der Waals surface area contributed by atoms with Gasteiger partial charge < -0.3 is 28.4 Å². The molecule has 132 valence electrons. The minimum Gasteiger partial charge on any atom is -0.458 e. The van der Waals surface area contributed by atoms with Gasteiger partial charge in [0.15, 0.2) is 12.2 Å². The number of rotatable bonds is 9. The predicted octanol–water partition coefficient (Wildman–Crippen LogP) is 0.502. The molecular weight excluding hydrogens is 328 g/mol. The van der Waals surface area contributed by atoms with Crippen LogP contribution < -0.4 is 0 Å². The van der Waals surface area contributed by atoms with E-state index in [4.69, 9.17) is 18.9 Å². The van der Waals surface area contributed by atoms with Crippen molar-refractivity contribution in [2.24, 2.45) is 0 Å². The highest BCUT2D eigenvalue weighted by Crippen LogP contribution is 2.07. The van der Waals surface area contributed by atoms with E-state index >= 15 is 0 Å². The topological polar surface area (TPSA) is 124 Å². The third kappa shape index (κ3) is 7.29. The summed E-state index contributed by atoms with van der Waals surface area (Å²) in [6.07, 6.45) is -2.00. The van der Waals surface area contributed by atoms with E-state index in [2.05, 4.69) is 22.6 Å². The van der Waals surface area contributed by atoms with E-state index in [1.165, 1.54) is 0 Å². The highest BCUT2D eigenvalue weighted by atomic mass is 16.8. The first-order valence-electron chi connectivity index (χ1n) is 6.69. The van der Waals surface area contributed by atoms with Gasteiger partial charge in [-0.1, -0.05) is 13.2 Å². The highest BCUT2D eigenvalue weighted by Gasteiger charge is 2.27. The lowest BCUT2D eigenvalue weighted by Crippen LogP contribution is -2.31. The fraction of sp³-hybridized carbons (Fsp3) is 0.429. The number of cyclic esters (lactones) is 2. The van der Waals surface area contributed by atoms with Crippen molar-refractivity contribution in [3.8, 4) is 0 Å². The molecule has 0 N–H and O–H groups in total. The van der Waals surface area contributed by atoms with Gasteiger partial charge >= 0.3 is 24.2 Å². The Bertz CT molecular complexity index is 488. The Labute approximate surface area is 136 Å². The van der Waals surface area contributed by atoms with Crippen molar-refractivity contribution in [2.45, 2.75) is 12.2 Å². The minimum atomic E-state index is -1.13. The Morgan fingerprint density at radius 1 is 1.12 bits per heavy atom. The second-order valence-corrected chi connectivity index (χ2v) is 4.27. The van der Waals surface area contributed by atoms with Crippen LogP contribution in [0.1, 0.15) is 0 Å². The summed E-state index contributed by atoms with van der Waals surface area (Å²) in [4.78, 5) is 44.3. The number of hydrogen-bond donors (Lipinski definition) is 0. The van der Waals surface area contributed by atoms with Crippen LogP contribution in [0.2, 0.25) is 0 Å². The van der Waals surface area contributed by atoms with Crippen LogP contribution in [0.25, 0.3) is 0 Å². The molecular formula is C14H16O10. The third-order valence-corrected chi connectivity index (χ3v) is 2.46. The van der Waals surface area contributed by atoms with Crippen molar-refractivity contribution in [2.75, 3.05) is 26.4 Å². The van der Waals surface area contributed by atoms with E-state index < -0.39 is 36.5 Å². The normalized spacial score (nSPS) is 15.7. The van der Waals surface area contributed by atoms with E-state index in [-0.39, 0.29) is 26.4 Å². The van der Waals surface area contributed by atoms with Crippen molar-refractivity contribution >= 4 is 24.2 Å². The second-order valence-electron chi connectivity index (χ2n) is 4.27. The minimum absolute atomic E-state index is 0.0521. The second kappa shape index (κ2) is 9.87. The number of carbonyl (C=O) groups excluding carboxylic acids is 4. The molecule has 1 unspecified atom stereocenters. The smallest absolute Gasteiger partial charge is 0.458 e. The SMILES string of the molecule is C=CC(=O)OCC(COC(=O)C=C)OC(=O)OCC1COC(=O)O1. The number of ether oxygens (including phenoxy) is 6. The molecule has 1 aliphatic heterocycles. The zero-order valence-electron chi connectivity index (χ0n) is 12.6. The van der Waals surface area contributed by atoms with Crippen molar-refractivity contribution in [3.63, 3.8) is 0 Å². The highest BCUT2D eigenvalue weighted by molar-refractivity contribution is 5.81. The number of esters is 2. The van der Waals surface area contributed by atoms with Gasteiger partial charge in [-0.2, -0.15) is 0 Å². The summed E-state index contributed by atoms with van der Waals surface area (Å²) < 4.78 is 28.2. The Morgan fingerprint density at radius 2 is 1.71 bits per heavy atom. The predicted molar refractivity (Wildman–Crippen MR) is 74.8 cm³/mol. The maximum atomic E-state index is 11.6. The molecule has 10 heteroatoms. The molecule has 1 saturated heterocycles. The standard InChI is InChI=1S/C14H16O10/c1-3-11(15)19-5-9(6-20-12(16)4-2)23-13(17)21-7-10-8-22-14(18)24-10/h3-4,9-10H,1-2,5-8H2. The van der Waals surface area contributed by atoms with E-state index in [0.29, 0.717) is 0 Å². The summed E-state index contributed by atoms with van der Waals surface area (Å²) in [5, 5.41) is 0. The van der Waals surface area contributed by atoms with Crippen molar-refractivity contribution in [1.82, 2.24) is 0 Å². The zero-order valence-corrected chi connectivity index (χ0v) is 12.6. The van der Waals surface area contributed by atoms with Gasteiger partial charge in [-0.25, -0.2) is 19.2 Å². The van der Waals surface area contributed by atoms with Gasteiger partial charge in [-0.15, -0.1) is 0 Å². The maximum absolute atomic E-state index is 11.6. The molecule has 10 nitrogen and oxygen atoms in total. The molecule has 0 aliphatic carbocycles. The van der Waals surface area contributed by atoms with Crippen LogP contribution in [0, 0.1) is 0 Å². The van der Waals surface area contributed by atoms with Crippen LogP contribution in [0.5, 0.6) is 0 Å². The molecule has 0 aromatic heterocycles. The molecule has 0 aromatic rings. The quantitative estimate of drug-likeness (QED) is 0.332. The summed E-state index contributed by atoms with van der Waals surface area (Å²) in [7, 11) is 0. The van der Waals surface area contributed by atoms with E-state index in [1.807, 2.05) is 0 Å². The average molecular weight is 344 g/mol. The molecule has 1 heterocycles. The Kier molecular flexibility index (Phi) is 7.82. The summed E-state index contributed by atoms with van der Waals surface area (Å²) >= 11 is 0. The van der Waals surface area contributed by atoms with Crippen molar-refractivity contribution in [1.29, 1.82) is 0 Å². The van der Waals surface area contributed by atoms with Gasteiger partial charge in [0.2, 0.25) is 0 Å². The van der Waals surface area contributed by atoms with Gasteiger partial charge in [0.05, 0.1) is 0 Å². The molecule has 0 spiro atoms. The van der Waals surface area contributed by atoms with Crippen LogP contribution >= 0.6 is 0 Å².